The number of fused-ring (bicyclic) bond motifs is 1. The summed E-state index contributed by atoms with van der Waals surface area (Å²) in [7, 11) is 2.99. The van der Waals surface area contributed by atoms with Crippen molar-refractivity contribution < 1.29 is 4.79 Å². The summed E-state index contributed by atoms with van der Waals surface area (Å²) in [5.41, 5.74) is 0.233. The van der Waals surface area contributed by atoms with Gasteiger partial charge in [0.2, 0.25) is 0 Å². The lowest BCUT2D eigenvalue weighted by molar-refractivity contribution is 0.0743. The van der Waals surface area contributed by atoms with Crippen LogP contribution in [0.1, 0.15) is 10.4 Å². The number of aromatic amines is 1. The van der Waals surface area contributed by atoms with Crippen LogP contribution in [-0.2, 0) is 14.1 Å². The van der Waals surface area contributed by atoms with E-state index in [2.05, 4.69) is 14.9 Å². The van der Waals surface area contributed by atoms with Gasteiger partial charge in [0, 0.05) is 52.2 Å². The van der Waals surface area contributed by atoms with Crippen LogP contribution in [0.4, 0.5) is 5.69 Å². The molecule has 1 fully saturated rings. The van der Waals surface area contributed by atoms with Crippen molar-refractivity contribution in [2.75, 3.05) is 31.1 Å². The molecule has 3 aromatic rings. The molecule has 0 unspecified atom stereocenters. The Kier molecular flexibility index (Phi) is 4.53. The summed E-state index contributed by atoms with van der Waals surface area (Å²) in [5, 5.41) is 0.557. The first-order chi connectivity index (χ1) is 13.9. The Morgan fingerprint density at radius 1 is 1.03 bits per heavy atom. The topological polar surface area (TPSA) is 113 Å². The molecule has 1 N–H and O–H groups in total. The van der Waals surface area contributed by atoms with Gasteiger partial charge in [-0.15, -0.1) is 0 Å². The number of rotatable bonds is 2. The van der Waals surface area contributed by atoms with Gasteiger partial charge in [-0.05, 0) is 18.2 Å². The molecule has 29 heavy (non-hydrogen) atoms. The maximum atomic E-state index is 12.7. The fraction of sp³-hybridized carbons (Fsp3) is 0.316. The number of hydrogen-bond donors (Lipinski definition) is 1. The van der Waals surface area contributed by atoms with Gasteiger partial charge in [-0.25, -0.2) is 9.78 Å². The number of piperazine rings is 1. The zero-order valence-electron chi connectivity index (χ0n) is 16.1. The fourth-order valence-corrected chi connectivity index (χ4v) is 3.45. The van der Waals surface area contributed by atoms with Crippen molar-refractivity contribution in [2.24, 2.45) is 14.1 Å². The summed E-state index contributed by atoms with van der Waals surface area (Å²) < 4.78 is 2.32. The zero-order chi connectivity index (χ0) is 20.7. The van der Waals surface area contributed by atoms with Gasteiger partial charge in [-0.2, -0.15) is 0 Å². The van der Waals surface area contributed by atoms with Gasteiger partial charge in [0.1, 0.15) is 5.56 Å². The predicted octanol–water partition coefficient (Wildman–Crippen LogP) is -0.717. The smallest absolute Gasteiger partial charge is 0.328 e. The van der Waals surface area contributed by atoms with Crippen LogP contribution in [0.15, 0.2) is 45.1 Å². The molecule has 10 nitrogen and oxygen atoms in total. The molecule has 1 aliphatic heterocycles. The Balaban J connectivity index is 1.52. The Labute approximate surface area is 164 Å². The van der Waals surface area contributed by atoms with E-state index in [0.29, 0.717) is 37.1 Å². The fourth-order valence-electron chi connectivity index (χ4n) is 3.45. The summed E-state index contributed by atoms with van der Waals surface area (Å²) in [5.74, 6) is -0.398. The van der Waals surface area contributed by atoms with Crippen molar-refractivity contribution in [2.45, 2.75) is 0 Å². The maximum absolute atomic E-state index is 12.7. The highest BCUT2D eigenvalue weighted by molar-refractivity contribution is 5.93. The van der Waals surface area contributed by atoms with E-state index in [1.165, 1.54) is 24.1 Å². The molecule has 1 aliphatic rings. The normalized spacial score (nSPS) is 14.4. The lowest BCUT2D eigenvalue weighted by Gasteiger charge is -2.36. The van der Waals surface area contributed by atoms with E-state index in [0.717, 1.165) is 10.3 Å². The van der Waals surface area contributed by atoms with Crippen molar-refractivity contribution >= 4 is 22.5 Å². The molecule has 0 atom stereocenters. The third kappa shape index (κ3) is 3.22. The molecule has 1 aromatic carbocycles. The van der Waals surface area contributed by atoms with Gasteiger partial charge in [0.25, 0.3) is 17.0 Å². The van der Waals surface area contributed by atoms with Crippen molar-refractivity contribution in [3.05, 3.63) is 67.5 Å². The first-order valence-electron chi connectivity index (χ1n) is 9.15. The highest BCUT2D eigenvalue weighted by atomic mass is 16.2. The van der Waals surface area contributed by atoms with Gasteiger partial charge < -0.3 is 19.4 Å². The number of carbonyl (C=O) groups excluding carboxylic acids is 1. The standard InChI is InChI=1S/C19H20N6O4/c1-22-11-21-15-9-12(3-4-13(15)16(22)26)24-5-7-25(8-6-24)18(28)14-10-20-19(29)23(2)17(14)27/h3-4,9-11H,5-8H2,1-2H3,(H,20,29). The number of H-pyrrole nitrogens is 1. The number of hydrogen-bond acceptors (Lipinski definition) is 6. The summed E-state index contributed by atoms with van der Waals surface area (Å²) in [6.45, 7) is 2.02. The number of benzene rings is 1. The number of carbonyl (C=O) groups is 1. The molecule has 1 amide bonds. The van der Waals surface area contributed by atoms with Gasteiger partial charge in [-0.3, -0.25) is 19.0 Å². The Morgan fingerprint density at radius 3 is 2.48 bits per heavy atom. The highest BCUT2D eigenvalue weighted by Gasteiger charge is 2.25. The second-order valence-electron chi connectivity index (χ2n) is 7.01. The first kappa shape index (κ1) is 18.7. The minimum absolute atomic E-state index is 0.0497. The third-order valence-electron chi connectivity index (χ3n) is 5.24. The number of aryl methyl sites for hydroxylation is 1. The number of anilines is 1. The zero-order valence-corrected chi connectivity index (χ0v) is 16.1. The molecular weight excluding hydrogens is 376 g/mol. The quantitative estimate of drug-likeness (QED) is 0.612. The van der Waals surface area contributed by atoms with E-state index in [4.69, 9.17) is 0 Å². The molecular formula is C19H20N6O4. The van der Waals surface area contributed by atoms with Crippen LogP contribution in [0.25, 0.3) is 10.9 Å². The van der Waals surface area contributed by atoms with Crippen molar-refractivity contribution in [3.8, 4) is 0 Å². The van der Waals surface area contributed by atoms with Crippen LogP contribution in [0.5, 0.6) is 0 Å². The molecule has 0 aliphatic carbocycles. The molecule has 0 radical (unpaired) electrons. The lowest BCUT2D eigenvalue weighted by Crippen LogP contribution is -2.50. The molecule has 150 valence electrons. The average Bonchev–Trinajstić information content (AvgIpc) is 2.74. The van der Waals surface area contributed by atoms with E-state index in [-0.39, 0.29) is 11.1 Å². The molecule has 0 saturated carbocycles. The number of nitrogens with one attached hydrogen (secondary N) is 1. The van der Waals surface area contributed by atoms with Crippen LogP contribution in [0.3, 0.4) is 0 Å². The van der Waals surface area contributed by atoms with E-state index in [1.54, 1.807) is 18.0 Å². The highest BCUT2D eigenvalue weighted by Crippen LogP contribution is 2.20. The molecule has 1 saturated heterocycles. The van der Waals surface area contributed by atoms with Crippen LogP contribution in [0, 0.1) is 0 Å². The van der Waals surface area contributed by atoms with E-state index >= 15 is 0 Å². The molecule has 3 heterocycles. The Morgan fingerprint density at radius 2 is 1.76 bits per heavy atom. The SMILES string of the molecule is Cn1cnc2cc(N3CCN(C(=O)c4c[nH]c(=O)n(C)c4=O)CC3)ccc2c1=O. The summed E-state index contributed by atoms with van der Waals surface area (Å²) in [4.78, 5) is 58.9. The molecule has 0 spiro atoms. The number of aromatic nitrogens is 4. The second-order valence-corrected chi connectivity index (χ2v) is 7.01. The molecule has 10 heteroatoms. The Bertz CT molecular complexity index is 1280. The lowest BCUT2D eigenvalue weighted by atomic mass is 10.2. The largest absolute Gasteiger partial charge is 0.368 e. The van der Waals surface area contributed by atoms with Crippen LogP contribution < -0.4 is 21.7 Å². The van der Waals surface area contributed by atoms with Gasteiger partial charge in [0.05, 0.1) is 17.2 Å². The van der Waals surface area contributed by atoms with E-state index in [1.807, 2.05) is 12.1 Å². The van der Waals surface area contributed by atoms with Crippen LogP contribution in [-0.4, -0.2) is 56.1 Å². The van der Waals surface area contributed by atoms with E-state index in [9.17, 15) is 19.2 Å². The van der Waals surface area contributed by atoms with Gasteiger partial charge in [-0.1, -0.05) is 0 Å². The number of nitrogens with zero attached hydrogens (tertiary/aromatic N) is 5. The summed E-state index contributed by atoms with van der Waals surface area (Å²) in [6, 6.07) is 5.51. The minimum atomic E-state index is -0.608. The average molecular weight is 396 g/mol. The number of amides is 1. The predicted molar refractivity (Wildman–Crippen MR) is 107 cm³/mol. The monoisotopic (exact) mass is 396 g/mol. The molecule has 2 aromatic heterocycles. The van der Waals surface area contributed by atoms with E-state index < -0.39 is 17.2 Å². The van der Waals surface area contributed by atoms with Gasteiger partial charge in [0.15, 0.2) is 0 Å². The molecule has 0 bridgehead atoms. The third-order valence-corrected chi connectivity index (χ3v) is 5.24. The van der Waals surface area contributed by atoms with Gasteiger partial charge >= 0.3 is 5.69 Å². The summed E-state index contributed by atoms with van der Waals surface area (Å²) in [6.07, 6.45) is 2.67. The second kappa shape index (κ2) is 7.04. The maximum Gasteiger partial charge on any atom is 0.328 e. The minimum Gasteiger partial charge on any atom is -0.368 e. The van der Waals surface area contributed by atoms with Crippen molar-refractivity contribution in [3.63, 3.8) is 0 Å². The first-order valence-corrected chi connectivity index (χ1v) is 9.15. The summed E-state index contributed by atoms with van der Waals surface area (Å²) >= 11 is 0. The van der Waals surface area contributed by atoms with Crippen LogP contribution in [0.2, 0.25) is 0 Å². The van der Waals surface area contributed by atoms with Crippen molar-refractivity contribution in [1.82, 2.24) is 24.0 Å². The van der Waals surface area contributed by atoms with Crippen LogP contribution >= 0.6 is 0 Å². The molecule has 4 rings (SSSR count). The van der Waals surface area contributed by atoms with Crippen molar-refractivity contribution in [1.29, 1.82) is 0 Å². The Hall–Kier alpha value is -3.69.